The highest BCUT2D eigenvalue weighted by Gasteiger charge is 2.27. The summed E-state index contributed by atoms with van der Waals surface area (Å²) in [6.45, 7) is 9.28. The lowest BCUT2D eigenvalue weighted by Gasteiger charge is -2.22. The van der Waals surface area contributed by atoms with Crippen molar-refractivity contribution in [3.63, 3.8) is 0 Å². The Morgan fingerprint density at radius 2 is 1.19 bits per heavy atom. The van der Waals surface area contributed by atoms with Gasteiger partial charge in [0.25, 0.3) is 6.33 Å². The van der Waals surface area contributed by atoms with E-state index >= 15 is 0 Å². The lowest BCUT2D eigenvalue weighted by Crippen LogP contribution is -2.33. The number of para-hydroxylation sites is 4. The molecule has 160 valence electrons. The first-order chi connectivity index (χ1) is 15.2. The van der Waals surface area contributed by atoms with Crippen LogP contribution in [-0.4, -0.2) is 4.57 Å². The van der Waals surface area contributed by atoms with E-state index < -0.39 is 0 Å². The van der Waals surface area contributed by atoms with E-state index in [0.717, 1.165) is 25.7 Å². The first-order valence-electron chi connectivity index (χ1n) is 11.9. The molecule has 4 aromatic rings. The Kier molecular flexibility index (Phi) is 6.56. The van der Waals surface area contributed by atoms with Crippen LogP contribution in [0.2, 0.25) is 0 Å². The monoisotopic (exact) mass is 411 g/mol. The Bertz CT molecular complexity index is 1100. The molecule has 2 nitrogen and oxygen atoms in total. The molecule has 3 aromatic carbocycles. The molecule has 0 unspecified atom stereocenters. The second kappa shape index (κ2) is 9.51. The lowest BCUT2D eigenvalue weighted by molar-refractivity contribution is -0.569. The van der Waals surface area contributed by atoms with Crippen LogP contribution in [0.15, 0.2) is 79.1 Å². The van der Waals surface area contributed by atoms with E-state index in [2.05, 4.69) is 116 Å². The molecule has 0 saturated heterocycles. The zero-order chi connectivity index (χ0) is 21.8. The van der Waals surface area contributed by atoms with E-state index in [1.54, 1.807) is 0 Å². The zero-order valence-electron chi connectivity index (χ0n) is 19.4. The number of fused-ring (bicyclic) bond motifs is 1. The summed E-state index contributed by atoms with van der Waals surface area (Å²) in [6, 6.07) is 26.5. The van der Waals surface area contributed by atoms with Gasteiger partial charge in [-0.2, -0.15) is 9.13 Å². The smallest absolute Gasteiger partial charge is 0.195 e. The van der Waals surface area contributed by atoms with E-state index in [9.17, 15) is 0 Å². The Balaban J connectivity index is 2.06. The van der Waals surface area contributed by atoms with Crippen molar-refractivity contribution in [3.8, 4) is 11.4 Å². The molecule has 4 rings (SSSR count). The fourth-order valence-electron chi connectivity index (χ4n) is 5.06. The van der Waals surface area contributed by atoms with E-state index in [-0.39, 0.29) is 0 Å². The molecule has 0 saturated carbocycles. The second-order valence-electron chi connectivity index (χ2n) is 8.49. The van der Waals surface area contributed by atoms with Crippen LogP contribution in [0.3, 0.4) is 0 Å². The van der Waals surface area contributed by atoms with E-state index in [0.29, 0.717) is 11.8 Å². The third-order valence-electron chi connectivity index (χ3n) is 6.86. The number of imidazole rings is 1. The number of nitrogens with zero attached hydrogens (tertiary/aromatic N) is 2. The van der Waals surface area contributed by atoms with Crippen LogP contribution in [-0.2, 0) is 0 Å². The molecule has 0 aliphatic carbocycles. The quantitative estimate of drug-likeness (QED) is 0.262. The molecular weight excluding hydrogens is 376 g/mol. The summed E-state index contributed by atoms with van der Waals surface area (Å²) < 4.78 is 4.79. The van der Waals surface area contributed by atoms with Crippen molar-refractivity contribution in [2.45, 2.75) is 65.2 Å². The Morgan fingerprint density at radius 3 is 1.77 bits per heavy atom. The Labute approximate surface area is 187 Å². The van der Waals surface area contributed by atoms with Crippen LogP contribution in [0, 0.1) is 0 Å². The Morgan fingerprint density at radius 1 is 0.645 bits per heavy atom. The fourth-order valence-corrected chi connectivity index (χ4v) is 5.06. The highest BCUT2D eigenvalue weighted by atomic mass is 15.1. The molecule has 0 bridgehead atoms. The minimum atomic E-state index is 0.565. The Hall–Kier alpha value is -2.87. The van der Waals surface area contributed by atoms with Crippen molar-refractivity contribution in [1.29, 1.82) is 0 Å². The van der Waals surface area contributed by atoms with Crippen molar-refractivity contribution in [3.05, 3.63) is 90.3 Å². The van der Waals surface area contributed by atoms with Crippen LogP contribution in [0.4, 0.5) is 0 Å². The molecule has 0 aliphatic heterocycles. The summed E-state index contributed by atoms with van der Waals surface area (Å²) in [5.41, 5.74) is 8.06. The first-order valence-corrected chi connectivity index (χ1v) is 11.9. The van der Waals surface area contributed by atoms with Crippen molar-refractivity contribution >= 4 is 11.0 Å². The van der Waals surface area contributed by atoms with E-state index in [1.165, 1.54) is 33.5 Å². The van der Waals surface area contributed by atoms with Crippen LogP contribution >= 0.6 is 0 Å². The molecule has 0 atom stereocenters. The highest BCUT2D eigenvalue weighted by Crippen LogP contribution is 2.35. The molecule has 2 heteroatoms. The topological polar surface area (TPSA) is 8.81 Å². The van der Waals surface area contributed by atoms with Crippen molar-refractivity contribution in [2.24, 2.45) is 0 Å². The minimum absolute atomic E-state index is 0.565. The van der Waals surface area contributed by atoms with Crippen LogP contribution in [0.5, 0.6) is 0 Å². The number of aromatic nitrogens is 2. The van der Waals surface area contributed by atoms with Gasteiger partial charge in [-0.05, 0) is 61.8 Å². The fraction of sp³-hybridized carbons (Fsp3) is 0.345. The maximum absolute atomic E-state index is 2.46. The third-order valence-corrected chi connectivity index (χ3v) is 6.86. The lowest BCUT2D eigenvalue weighted by atomic mass is 9.85. The summed E-state index contributed by atoms with van der Waals surface area (Å²) in [7, 11) is 0. The molecule has 0 amide bonds. The molecule has 0 radical (unpaired) electrons. The second-order valence-corrected chi connectivity index (χ2v) is 8.49. The average Bonchev–Trinajstić information content (AvgIpc) is 3.21. The normalized spacial score (nSPS) is 11.7. The van der Waals surface area contributed by atoms with Crippen LogP contribution in [0.25, 0.3) is 22.4 Å². The van der Waals surface area contributed by atoms with Crippen molar-refractivity contribution in [2.75, 3.05) is 0 Å². The number of hydrogen-bond donors (Lipinski definition) is 0. The van der Waals surface area contributed by atoms with Gasteiger partial charge in [-0.15, -0.1) is 0 Å². The summed E-state index contributed by atoms with van der Waals surface area (Å²) in [4.78, 5) is 0. The van der Waals surface area contributed by atoms with Crippen molar-refractivity contribution in [1.82, 2.24) is 4.57 Å². The van der Waals surface area contributed by atoms with Gasteiger partial charge in [0.2, 0.25) is 0 Å². The van der Waals surface area contributed by atoms with Gasteiger partial charge in [-0.3, -0.25) is 0 Å². The number of hydrogen-bond acceptors (Lipinski definition) is 0. The molecule has 0 N–H and O–H groups in total. The maximum atomic E-state index is 2.46. The van der Waals surface area contributed by atoms with E-state index in [4.69, 9.17) is 0 Å². The predicted molar refractivity (Wildman–Crippen MR) is 131 cm³/mol. The average molecular weight is 412 g/mol. The molecule has 0 spiro atoms. The molecule has 1 aromatic heterocycles. The van der Waals surface area contributed by atoms with Gasteiger partial charge in [0.05, 0.1) is 0 Å². The third kappa shape index (κ3) is 3.92. The SMILES string of the molecule is CCC(CC)c1cccc(C(CC)CC)c1-[n+]1cn(-c2ccccc2)c2ccccc21. The van der Waals surface area contributed by atoms with Gasteiger partial charge < -0.3 is 0 Å². The number of rotatable bonds is 8. The predicted octanol–water partition coefficient (Wildman–Crippen LogP) is 7.71. The largest absolute Gasteiger partial charge is 0.255 e. The molecule has 1 heterocycles. The van der Waals surface area contributed by atoms with Gasteiger partial charge in [0, 0.05) is 11.1 Å². The van der Waals surface area contributed by atoms with Gasteiger partial charge >= 0.3 is 0 Å². The summed E-state index contributed by atoms with van der Waals surface area (Å²) in [6.07, 6.45) is 6.94. The molecular formula is C29H35N2+. The molecule has 31 heavy (non-hydrogen) atoms. The van der Waals surface area contributed by atoms with Gasteiger partial charge in [0.1, 0.15) is 11.4 Å². The summed E-state index contributed by atoms with van der Waals surface area (Å²) in [5.74, 6) is 1.13. The van der Waals surface area contributed by atoms with Gasteiger partial charge in [-0.25, -0.2) is 0 Å². The zero-order valence-corrected chi connectivity index (χ0v) is 19.4. The highest BCUT2D eigenvalue weighted by molar-refractivity contribution is 5.75. The molecule has 0 aliphatic rings. The van der Waals surface area contributed by atoms with Gasteiger partial charge in [-0.1, -0.05) is 76.2 Å². The summed E-state index contributed by atoms with van der Waals surface area (Å²) in [5, 5.41) is 0. The summed E-state index contributed by atoms with van der Waals surface area (Å²) >= 11 is 0. The van der Waals surface area contributed by atoms with Crippen molar-refractivity contribution < 1.29 is 4.57 Å². The minimum Gasteiger partial charge on any atom is -0.195 e. The van der Waals surface area contributed by atoms with Crippen LogP contribution < -0.4 is 4.57 Å². The standard InChI is InChI=1S/C29H35N2/c1-5-22(6-2)25-17-14-18-26(23(7-3)8-4)29(25)31-21-30(24-15-10-9-11-16-24)27-19-12-13-20-28(27)31/h9-23H,5-8H2,1-4H3/q+1. The van der Waals surface area contributed by atoms with E-state index in [1.807, 2.05) is 0 Å². The number of benzene rings is 3. The maximum Gasteiger partial charge on any atom is 0.255 e. The first kappa shape index (κ1) is 21.4. The van der Waals surface area contributed by atoms with Crippen LogP contribution in [0.1, 0.15) is 76.3 Å². The molecule has 0 fully saturated rings. The van der Waals surface area contributed by atoms with Gasteiger partial charge in [0.15, 0.2) is 11.0 Å².